The van der Waals surface area contributed by atoms with Crippen LogP contribution in [-0.2, 0) is 9.53 Å². The van der Waals surface area contributed by atoms with E-state index in [0.717, 1.165) is 14.7 Å². The topological polar surface area (TPSA) is 61.2 Å². The Bertz CT molecular complexity index is 697. The Morgan fingerprint density at radius 1 is 1.35 bits per heavy atom. The quantitative estimate of drug-likeness (QED) is 0.807. The molecule has 0 unspecified atom stereocenters. The zero-order chi connectivity index (χ0) is 14.7. The first kappa shape index (κ1) is 14.5. The molecule has 2 rings (SSSR count). The van der Waals surface area contributed by atoms with E-state index in [1.54, 1.807) is 13.0 Å². The van der Waals surface area contributed by atoms with Crippen LogP contribution in [0.5, 0.6) is 0 Å². The Hall–Kier alpha value is -1.95. The van der Waals surface area contributed by atoms with Crippen LogP contribution in [0.25, 0.3) is 11.3 Å². The van der Waals surface area contributed by atoms with Gasteiger partial charge < -0.3 is 4.74 Å². The third-order valence-electron chi connectivity index (χ3n) is 2.85. The largest absolute Gasteiger partial charge is 0.467 e. The van der Waals surface area contributed by atoms with Gasteiger partial charge in [0.2, 0.25) is 0 Å². The molecular weight excluding hydrogens is 324 g/mol. The minimum Gasteiger partial charge on any atom is -0.467 e. The van der Waals surface area contributed by atoms with E-state index in [2.05, 4.69) is 25.8 Å². The number of hydrogen-bond acceptors (Lipinski definition) is 4. The van der Waals surface area contributed by atoms with E-state index in [1.165, 1.54) is 13.2 Å². The Morgan fingerprint density at radius 2 is 2.10 bits per heavy atom. The smallest absolute Gasteiger partial charge is 0.330 e. The molecule has 0 radical (unpaired) electrons. The van der Waals surface area contributed by atoms with Crippen LogP contribution in [0.4, 0.5) is 0 Å². The van der Waals surface area contributed by atoms with E-state index in [-0.39, 0.29) is 5.56 Å². The van der Waals surface area contributed by atoms with Gasteiger partial charge in [0.1, 0.15) is 0 Å². The number of carbonyl (C=O) groups is 1. The molecule has 0 bridgehead atoms. The lowest BCUT2D eigenvalue weighted by Gasteiger charge is -2.12. The van der Waals surface area contributed by atoms with Crippen LogP contribution in [0.3, 0.4) is 0 Å². The molecule has 5 nitrogen and oxygen atoms in total. The molecule has 1 atom stereocenters. The van der Waals surface area contributed by atoms with Crippen molar-refractivity contribution < 1.29 is 9.53 Å². The van der Waals surface area contributed by atoms with Gasteiger partial charge in [-0.25, -0.2) is 9.48 Å². The minimum atomic E-state index is -0.764. The molecule has 0 aliphatic heterocycles. The molecule has 0 aliphatic rings. The SMILES string of the molecule is COC(=O)[C@@H](C)n1nc(-c2cccc(Br)c2)ccc1=O. The second-order valence-electron chi connectivity index (χ2n) is 4.21. The van der Waals surface area contributed by atoms with Gasteiger partial charge in [0, 0.05) is 16.1 Å². The molecule has 1 aromatic heterocycles. The summed E-state index contributed by atoms with van der Waals surface area (Å²) in [4.78, 5) is 23.4. The van der Waals surface area contributed by atoms with Crippen molar-refractivity contribution in [2.24, 2.45) is 0 Å². The molecule has 0 N–H and O–H groups in total. The first-order chi connectivity index (χ1) is 9.52. The summed E-state index contributed by atoms with van der Waals surface area (Å²) in [5, 5.41) is 4.24. The summed E-state index contributed by atoms with van der Waals surface area (Å²) in [6.07, 6.45) is 0. The lowest BCUT2D eigenvalue weighted by molar-refractivity contribution is -0.144. The number of esters is 1. The summed E-state index contributed by atoms with van der Waals surface area (Å²) in [6, 6.07) is 9.80. The Morgan fingerprint density at radius 3 is 2.75 bits per heavy atom. The fourth-order valence-corrected chi connectivity index (χ4v) is 2.17. The summed E-state index contributed by atoms with van der Waals surface area (Å²) in [5.41, 5.74) is 1.12. The van der Waals surface area contributed by atoms with Crippen LogP contribution >= 0.6 is 15.9 Å². The molecular formula is C14H13BrN2O3. The molecule has 104 valence electrons. The van der Waals surface area contributed by atoms with Crippen molar-refractivity contribution in [3.8, 4) is 11.3 Å². The van der Waals surface area contributed by atoms with Crippen molar-refractivity contribution in [3.63, 3.8) is 0 Å². The van der Waals surface area contributed by atoms with E-state index < -0.39 is 12.0 Å². The maximum Gasteiger partial charge on any atom is 0.330 e. The van der Waals surface area contributed by atoms with Gasteiger partial charge in [-0.1, -0.05) is 28.1 Å². The van der Waals surface area contributed by atoms with Gasteiger partial charge in [0.05, 0.1) is 12.8 Å². The monoisotopic (exact) mass is 336 g/mol. The van der Waals surface area contributed by atoms with Crippen molar-refractivity contribution in [2.45, 2.75) is 13.0 Å². The maximum absolute atomic E-state index is 11.8. The molecule has 20 heavy (non-hydrogen) atoms. The van der Waals surface area contributed by atoms with E-state index >= 15 is 0 Å². The van der Waals surface area contributed by atoms with Crippen LogP contribution < -0.4 is 5.56 Å². The Labute approximate surface area is 124 Å². The summed E-state index contributed by atoms with van der Waals surface area (Å²) >= 11 is 3.39. The molecule has 0 fully saturated rings. The number of methoxy groups -OCH3 is 1. The van der Waals surface area contributed by atoms with Crippen molar-refractivity contribution in [3.05, 3.63) is 51.2 Å². The van der Waals surface area contributed by atoms with Gasteiger partial charge in [-0.2, -0.15) is 5.10 Å². The summed E-state index contributed by atoms with van der Waals surface area (Å²) in [5.74, 6) is -0.508. The number of aromatic nitrogens is 2. The van der Waals surface area contributed by atoms with Gasteiger partial charge in [0.15, 0.2) is 6.04 Å². The van der Waals surface area contributed by atoms with Crippen LogP contribution in [-0.4, -0.2) is 22.9 Å². The zero-order valence-electron chi connectivity index (χ0n) is 11.0. The number of benzene rings is 1. The molecule has 6 heteroatoms. The van der Waals surface area contributed by atoms with Crippen LogP contribution in [0.2, 0.25) is 0 Å². The number of ether oxygens (including phenoxy) is 1. The van der Waals surface area contributed by atoms with E-state index in [1.807, 2.05) is 24.3 Å². The van der Waals surface area contributed by atoms with Crippen molar-refractivity contribution in [2.75, 3.05) is 7.11 Å². The highest BCUT2D eigenvalue weighted by molar-refractivity contribution is 9.10. The second kappa shape index (κ2) is 6.00. The van der Waals surface area contributed by atoms with Crippen molar-refractivity contribution >= 4 is 21.9 Å². The van der Waals surface area contributed by atoms with Crippen LogP contribution in [0, 0.1) is 0 Å². The van der Waals surface area contributed by atoms with Gasteiger partial charge in [-0.15, -0.1) is 0 Å². The summed E-state index contributed by atoms with van der Waals surface area (Å²) < 4.78 is 6.68. The number of nitrogens with zero attached hydrogens (tertiary/aromatic N) is 2. The van der Waals surface area contributed by atoms with E-state index in [0.29, 0.717) is 5.69 Å². The highest BCUT2D eigenvalue weighted by Gasteiger charge is 2.18. The van der Waals surface area contributed by atoms with Crippen LogP contribution in [0.15, 0.2) is 45.7 Å². The lowest BCUT2D eigenvalue weighted by Crippen LogP contribution is -2.30. The standard InChI is InChI=1S/C14H13BrN2O3/c1-9(14(19)20-2)17-13(18)7-6-12(16-17)10-4-3-5-11(15)8-10/h3-9H,1-2H3/t9-/m1/s1. The molecule has 1 heterocycles. The summed E-state index contributed by atoms with van der Waals surface area (Å²) in [7, 11) is 1.28. The molecule has 0 saturated carbocycles. The second-order valence-corrected chi connectivity index (χ2v) is 5.13. The zero-order valence-corrected chi connectivity index (χ0v) is 12.6. The van der Waals surface area contributed by atoms with Gasteiger partial charge in [-0.05, 0) is 25.1 Å². The minimum absolute atomic E-state index is 0.346. The van der Waals surface area contributed by atoms with Crippen LogP contribution in [0.1, 0.15) is 13.0 Å². The molecule has 0 saturated heterocycles. The van der Waals surface area contributed by atoms with Crippen molar-refractivity contribution in [1.82, 2.24) is 9.78 Å². The maximum atomic E-state index is 11.8. The van der Waals surface area contributed by atoms with Gasteiger partial charge >= 0.3 is 5.97 Å². The predicted molar refractivity (Wildman–Crippen MR) is 78.4 cm³/mol. The Balaban J connectivity index is 2.48. The summed E-state index contributed by atoms with van der Waals surface area (Å²) in [6.45, 7) is 1.57. The fraction of sp³-hybridized carbons (Fsp3) is 0.214. The van der Waals surface area contributed by atoms with E-state index in [4.69, 9.17) is 0 Å². The number of rotatable bonds is 3. The molecule has 1 aromatic carbocycles. The highest BCUT2D eigenvalue weighted by Crippen LogP contribution is 2.20. The first-order valence-electron chi connectivity index (χ1n) is 5.96. The molecule has 0 aliphatic carbocycles. The number of halogens is 1. The highest BCUT2D eigenvalue weighted by atomic mass is 79.9. The molecule has 0 amide bonds. The van der Waals surface area contributed by atoms with Gasteiger partial charge in [-0.3, -0.25) is 4.79 Å². The van der Waals surface area contributed by atoms with Gasteiger partial charge in [0.25, 0.3) is 5.56 Å². The fourth-order valence-electron chi connectivity index (χ4n) is 1.77. The van der Waals surface area contributed by atoms with Crippen molar-refractivity contribution in [1.29, 1.82) is 0 Å². The number of carbonyl (C=O) groups excluding carboxylic acids is 1. The first-order valence-corrected chi connectivity index (χ1v) is 6.76. The third-order valence-corrected chi connectivity index (χ3v) is 3.35. The average Bonchev–Trinajstić information content (AvgIpc) is 2.46. The third kappa shape index (κ3) is 2.96. The lowest BCUT2D eigenvalue weighted by atomic mass is 10.1. The normalized spacial score (nSPS) is 11.9. The number of hydrogen-bond donors (Lipinski definition) is 0. The molecule has 2 aromatic rings. The predicted octanol–water partition coefficient (Wildman–Crippen LogP) is 2.41. The molecule has 0 spiro atoms. The average molecular weight is 337 g/mol. The van der Waals surface area contributed by atoms with E-state index in [9.17, 15) is 9.59 Å². The Kier molecular flexibility index (Phi) is 4.34.